The second-order valence-electron chi connectivity index (χ2n) is 6.29. The predicted molar refractivity (Wildman–Crippen MR) is 94.9 cm³/mol. The van der Waals surface area contributed by atoms with E-state index in [0.717, 1.165) is 19.3 Å². The normalized spacial score (nSPS) is 17.3. The van der Waals surface area contributed by atoms with Gasteiger partial charge in [0, 0.05) is 25.7 Å². The van der Waals surface area contributed by atoms with Gasteiger partial charge < -0.3 is 16.0 Å². The first kappa shape index (κ1) is 17.0. The Morgan fingerprint density at radius 3 is 2.80 bits per heavy atom. The summed E-state index contributed by atoms with van der Waals surface area (Å²) in [6.45, 7) is 1.68. The highest BCUT2D eigenvalue weighted by atomic mass is 16.2. The zero-order valence-electron chi connectivity index (χ0n) is 14.1. The van der Waals surface area contributed by atoms with Gasteiger partial charge in [-0.2, -0.15) is 5.10 Å². The minimum Gasteiger partial charge on any atom is -0.351 e. The van der Waals surface area contributed by atoms with E-state index in [0.29, 0.717) is 25.5 Å². The van der Waals surface area contributed by atoms with Crippen LogP contribution in [0.5, 0.6) is 0 Å². The van der Waals surface area contributed by atoms with Crippen LogP contribution < -0.4 is 11.1 Å². The number of aromatic nitrogens is 2. The van der Waals surface area contributed by atoms with Crippen LogP contribution in [0.25, 0.3) is 0 Å². The molecule has 1 atom stereocenters. The van der Waals surface area contributed by atoms with Crippen LogP contribution in [0.4, 0.5) is 10.6 Å². The number of anilines is 1. The van der Waals surface area contributed by atoms with Crippen molar-refractivity contribution in [2.45, 2.75) is 25.8 Å². The summed E-state index contributed by atoms with van der Waals surface area (Å²) in [6, 6.07) is 11.5. The molecule has 1 aliphatic rings. The van der Waals surface area contributed by atoms with Gasteiger partial charge in [-0.3, -0.25) is 4.79 Å². The molecule has 0 aliphatic carbocycles. The Bertz CT molecular complexity index is 728. The lowest BCUT2D eigenvalue weighted by molar-refractivity contribution is -0.121. The maximum atomic E-state index is 12.5. The monoisotopic (exact) mass is 341 g/mol. The highest BCUT2D eigenvalue weighted by molar-refractivity contribution is 5.92. The molecule has 1 aliphatic heterocycles. The number of primary amides is 1. The molecule has 0 spiro atoms. The summed E-state index contributed by atoms with van der Waals surface area (Å²) >= 11 is 0. The Balaban J connectivity index is 1.58. The molecule has 1 fully saturated rings. The third kappa shape index (κ3) is 4.37. The molecule has 132 valence electrons. The van der Waals surface area contributed by atoms with Crippen LogP contribution in [0.1, 0.15) is 18.4 Å². The van der Waals surface area contributed by atoms with E-state index >= 15 is 0 Å². The number of nitrogens with two attached hydrogens (primary N) is 1. The van der Waals surface area contributed by atoms with Crippen molar-refractivity contribution >= 4 is 17.8 Å². The molecule has 1 aromatic carbocycles. The van der Waals surface area contributed by atoms with Gasteiger partial charge >= 0.3 is 6.03 Å². The van der Waals surface area contributed by atoms with Crippen molar-refractivity contribution < 1.29 is 9.59 Å². The first-order chi connectivity index (χ1) is 12.1. The molecule has 2 heterocycles. The number of nitrogens with one attached hydrogen (secondary N) is 1. The lowest BCUT2D eigenvalue weighted by atomic mass is 9.97. The molecule has 2 aromatic rings. The molecule has 3 amide bonds. The number of amides is 3. The third-order valence-electron chi connectivity index (χ3n) is 4.53. The van der Waals surface area contributed by atoms with E-state index in [1.165, 1.54) is 10.5 Å². The van der Waals surface area contributed by atoms with Crippen molar-refractivity contribution in [1.82, 2.24) is 14.7 Å². The van der Waals surface area contributed by atoms with Gasteiger partial charge in [-0.1, -0.05) is 30.3 Å². The topological polar surface area (TPSA) is 93.2 Å². The van der Waals surface area contributed by atoms with Crippen LogP contribution in [-0.2, 0) is 17.8 Å². The smallest absolute Gasteiger partial charge is 0.314 e. The van der Waals surface area contributed by atoms with Crippen molar-refractivity contribution in [3.8, 4) is 0 Å². The van der Waals surface area contributed by atoms with Crippen LogP contribution in [-0.4, -0.2) is 39.7 Å². The first-order valence-electron chi connectivity index (χ1n) is 8.54. The van der Waals surface area contributed by atoms with E-state index in [9.17, 15) is 9.59 Å². The predicted octanol–water partition coefficient (Wildman–Crippen LogP) is 1.85. The molecular formula is C18H23N5O2. The van der Waals surface area contributed by atoms with E-state index in [1.54, 1.807) is 16.9 Å². The number of rotatable bonds is 5. The highest BCUT2D eigenvalue weighted by Crippen LogP contribution is 2.19. The van der Waals surface area contributed by atoms with Crippen molar-refractivity contribution in [1.29, 1.82) is 0 Å². The highest BCUT2D eigenvalue weighted by Gasteiger charge is 2.27. The van der Waals surface area contributed by atoms with Gasteiger partial charge in [-0.25, -0.2) is 9.48 Å². The number of carbonyl (C=O) groups is 2. The van der Waals surface area contributed by atoms with E-state index in [4.69, 9.17) is 5.73 Å². The molecule has 0 saturated carbocycles. The molecule has 1 aromatic heterocycles. The molecule has 0 unspecified atom stereocenters. The van der Waals surface area contributed by atoms with Gasteiger partial charge in [0.2, 0.25) is 5.91 Å². The number of likely N-dealkylation sites (tertiary alicyclic amines) is 1. The van der Waals surface area contributed by atoms with Gasteiger partial charge in [-0.05, 0) is 24.8 Å². The summed E-state index contributed by atoms with van der Waals surface area (Å²) in [7, 11) is 0. The third-order valence-corrected chi connectivity index (χ3v) is 4.53. The second-order valence-corrected chi connectivity index (χ2v) is 6.29. The minimum absolute atomic E-state index is 0.0904. The number of carbonyl (C=O) groups excluding carboxylic acids is 2. The number of urea groups is 1. The number of hydrogen-bond acceptors (Lipinski definition) is 3. The van der Waals surface area contributed by atoms with Gasteiger partial charge in [0.25, 0.3) is 0 Å². The zero-order chi connectivity index (χ0) is 17.6. The Labute approximate surface area is 146 Å². The summed E-state index contributed by atoms with van der Waals surface area (Å²) in [6.07, 6.45) is 4.06. The standard InChI is InChI=1S/C18H23N5O2/c19-18(25)22-11-4-7-15(13-22)17(24)21-16-8-10-20-23(16)12-9-14-5-2-1-3-6-14/h1-3,5-6,8,10,15H,4,7,9,11-13H2,(H2,19,25)(H,21,24)/t15-/m0/s1. The molecule has 1 saturated heterocycles. The van der Waals surface area contributed by atoms with Crippen molar-refractivity contribution in [2.75, 3.05) is 18.4 Å². The summed E-state index contributed by atoms with van der Waals surface area (Å²) in [5.74, 6) is 0.350. The van der Waals surface area contributed by atoms with Crippen LogP contribution in [0.3, 0.4) is 0 Å². The summed E-state index contributed by atoms with van der Waals surface area (Å²) in [5, 5.41) is 7.23. The van der Waals surface area contributed by atoms with E-state index < -0.39 is 6.03 Å². The second kappa shape index (κ2) is 7.83. The lowest BCUT2D eigenvalue weighted by Crippen LogP contribution is -2.46. The van der Waals surface area contributed by atoms with Gasteiger partial charge in [0.15, 0.2) is 0 Å². The average Bonchev–Trinajstić information content (AvgIpc) is 3.08. The van der Waals surface area contributed by atoms with Crippen LogP contribution in [0.2, 0.25) is 0 Å². The van der Waals surface area contributed by atoms with Gasteiger partial charge in [0.1, 0.15) is 5.82 Å². The maximum Gasteiger partial charge on any atom is 0.314 e. The number of piperidine rings is 1. The largest absolute Gasteiger partial charge is 0.351 e. The maximum absolute atomic E-state index is 12.5. The molecule has 3 N–H and O–H groups in total. The minimum atomic E-state index is -0.467. The fourth-order valence-electron chi connectivity index (χ4n) is 3.12. The fourth-order valence-corrected chi connectivity index (χ4v) is 3.12. The Kier molecular flexibility index (Phi) is 5.33. The lowest BCUT2D eigenvalue weighted by Gasteiger charge is -2.30. The Hall–Kier alpha value is -2.83. The number of nitrogens with zero attached hydrogens (tertiary/aromatic N) is 3. The summed E-state index contributed by atoms with van der Waals surface area (Å²) in [5.41, 5.74) is 6.55. The van der Waals surface area contributed by atoms with E-state index in [1.807, 2.05) is 18.2 Å². The molecular weight excluding hydrogens is 318 g/mol. The molecule has 0 bridgehead atoms. The number of aryl methyl sites for hydroxylation is 2. The van der Waals surface area contributed by atoms with Crippen molar-refractivity contribution in [2.24, 2.45) is 11.7 Å². The molecule has 0 radical (unpaired) electrons. The van der Waals surface area contributed by atoms with Gasteiger partial charge in [-0.15, -0.1) is 0 Å². The summed E-state index contributed by atoms with van der Waals surface area (Å²) < 4.78 is 1.79. The SMILES string of the molecule is NC(=O)N1CCC[C@H](C(=O)Nc2ccnn2CCc2ccccc2)C1. The zero-order valence-corrected chi connectivity index (χ0v) is 14.1. The van der Waals surface area contributed by atoms with Crippen LogP contribution in [0, 0.1) is 5.92 Å². The van der Waals surface area contributed by atoms with Crippen LogP contribution >= 0.6 is 0 Å². The van der Waals surface area contributed by atoms with Crippen molar-refractivity contribution in [3.63, 3.8) is 0 Å². The Morgan fingerprint density at radius 2 is 2.04 bits per heavy atom. The molecule has 7 heteroatoms. The van der Waals surface area contributed by atoms with E-state index in [2.05, 4.69) is 22.5 Å². The number of hydrogen-bond donors (Lipinski definition) is 2. The number of benzene rings is 1. The van der Waals surface area contributed by atoms with Crippen LogP contribution in [0.15, 0.2) is 42.6 Å². The molecule has 25 heavy (non-hydrogen) atoms. The fraction of sp³-hybridized carbons (Fsp3) is 0.389. The molecule has 7 nitrogen and oxygen atoms in total. The Morgan fingerprint density at radius 1 is 1.24 bits per heavy atom. The summed E-state index contributed by atoms with van der Waals surface area (Å²) in [4.78, 5) is 25.4. The van der Waals surface area contributed by atoms with Gasteiger partial charge in [0.05, 0.1) is 12.1 Å². The average molecular weight is 341 g/mol. The first-order valence-corrected chi connectivity index (χ1v) is 8.54. The molecule has 3 rings (SSSR count). The van der Waals surface area contributed by atoms with Crippen molar-refractivity contribution in [3.05, 3.63) is 48.2 Å². The van der Waals surface area contributed by atoms with E-state index in [-0.39, 0.29) is 11.8 Å². The quantitative estimate of drug-likeness (QED) is 0.869.